The fraction of sp³-hybridized carbons (Fsp3) is 0.200. The molecule has 0 bridgehead atoms. The number of rotatable bonds is 4. The lowest BCUT2D eigenvalue weighted by Gasteiger charge is -2.26. The van der Waals surface area contributed by atoms with Crippen molar-refractivity contribution in [1.29, 1.82) is 0 Å². The summed E-state index contributed by atoms with van der Waals surface area (Å²) in [4.78, 5) is 0.238. The molecule has 21 heavy (non-hydrogen) atoms. The molecular formula is C15H15NO4S. The summed E-state index contributed by atoms with van der Waals surface area (Å²) in [6, 6.07) is 15.6. The summed E-state index contributed by atoms with van der Waals surface area (Å²) in [5.41, 5.74) is 0. The van der Waals surface area contributed by atoms with Crippen LogP contribution >= 0.6 is 0 Å². The number of benzene rings is 2. The first-order valence-corrected chi connectivity index (χ1v) is 8.07. The number of hydrogen-bond acceptors (Lipinski definition) is 4. The molecule has 0 aromatic heterocycles. The number of fused-ring (bicyclic) bond motifs is 1. The monoisotopic (exact) mass is 305 g/mol. The largest absolute Gasteiger partial charge is 0.486 e. The van der Waals surface area contributed by atoms with E-state index < -0.39 is 10.0 Å². The Balaban J connectivity index is 1.64. The van der Waals surface area contributed by atoms with Gasteiger partial charge in [0.15, 0.2) is 11.5 Å². The molecule has 0 aliphatic carbocycles. The van der Waals surface area contributed by atoms with Crippen LogP contribution in [0.3, 0.4) is 0 Å². The van der Waals surface area contributed by atoms with Gasteiger partial charge in [-0.05, 0) is 24.3 Å². The van der Waals surface area contributed by atoms with Gasteiger partial charge in [-0.15, -0.1) is 0 Å². The maximum atomic E-state index is 12.1. The maximum absolute atomic E-state index is 12.1. The Hall–Kier alpha value is -2.05. The molecule has 1 unspecified atom stereocenters. The fourth-order valence-electron chi connectivity index (χ4n) is 2.05. The summed E-state index contributed by atoms with van der Waals surface area (Å²) in [6.07, 6.45) is -0.349. The average molecular weight is 305 g/mol. The SMILES string of the molecule is O=S(=O)(NCC1COc2ccccc2O1)c1ccccc1. The Bertz CT molecular complexity index is 715. The average Bonchev–Trinajstić information content (AvgIpc) is 2.54. The highest BCUT2D eigenvalue weighted by molar-refractivity contribution is 7.89. The van der Waals surface area contributed by atoms with Crippen molar-refractivity contribution in [3.8, 4) is 11.5 Å². The lowest BCUT2D eigenvalue weighted by Crippen LogP contribution is -2.40. The number of para-hydroxylation sites is 2. The van der Waals surface area contributed by atoms with E-state index >= 15 is 0 Å². The summed E-state index contributed by atoms with van der Waals surface area (Å²) < 4.78 is 38.0. The lowest BCUT2D eigenvalue weighted by atomic mass is 10.2. The van der Waals surface area contributed by atoms with Gasteiger partial charge >= 0.3 is 0 Å². The Morgan fingerprint density at radius 2 is 1.67 bits per heavy atom. The first kappa shape index (κ1) is 13.9. The molecule has 6 heteroatoms. The summed E-state index contributed by atoms with van der Waals surface area (Å²) in [7, 11) is -3.52. The molecule has 0 spiro atoms. The normalized spacial score (nSPS) is 17.4. The first-order valence-electron chi connectivity index (χ1n) is 6.58. The van der Waals surface area contributed by atoms with Crippen molar-refractivity contribution in [2.24, 2.45) is 0 Å². The van der Waals surface area contributed by atoms with Crippen molar-refractivity contribution in [3.63, 3.8) is 0 Å². The van der Waals surface area contributed by atoms with Crippen LogP contribution in [0, 0.1) is 0 Å². The van der Waals surface area contributed by atoms with Gasteiger partial charge in [0.05, 0.1) is 11.4 Å². The standard InChI is InChI=1S/C15H15NO4S/c17-21(18,13-6-2-1-3-7-13)16-10-12-11-19-14-8-4-5-9-15(14)20-12/h1-9,12,16H,10-11H2. The third kappa shape index (κ3) is 3.17. The van der Waals surface area contributed by atoms with Crippen LogP contribution in [0.25, 0.3) is 0 Å². The predicted molar refractivity (Wildman–Crippen MR) is 78.0 cm³/mol. The molecule has 2 aromatic carbocycles. The predicted octanol–water partition coefficient (Wildman–Crippen LogP) is 1.80. The van der Waals surface area contributed by atoms with E-state index in [2.05, 4.69) is 4.72 Å². The number of nitrogens with one attached hydrogen (secondary N) is 1. The van der Waals surface area contributed by atoms with Crippen LogP contribution in [0.15, 0.2) is 59.5 Å². The summed E-state index contributed by atoms with van der Waals surface area (Å²) >= 11 is 0. The van der Waals surface area contributed by atoms with Crippen LogP contribution in [0.1, 0.15) is 0 Å². The highest BCUT2D eigenvalue weighted by Gasteiger charge is 2.23. The summed E-state index contributed by atoms with van der Waals surface area (Å²) in [5.74, 6) is 1.31. The minimum absolute atomic E-state index is 0.158. The quantitative estimate of drug-likeness (QED) is 0.935. The van der Waals surface area contributed by atoms with Crippen LogP contribution in [0.2, 0.25) is 0 Å². The lowest BCUT2D eigenvalue weighted by molar-refractivity contribution is 0.0943. The van der Waals surface area contributed by atoms with Gasteiger partial charge in [0.2, 0.25) is 10.0 Å². The van der Waals surface area contributed by atoms with Crippen molar-refractivity contribution in [2.45, 2.75) is 11.0 Å². The van der Waals surface area contributed by atoms with Gasteiger partial charge in [0, 0.05) is 0 Å². The van der Waals surface area contributed by atoms with Crippen LogP contribution in [-0.2, 0) is 10.0 Å². The minimum Gasteiger partial charge on any atom is -0.486 e. The van der Waals surface area contributed by atoms with Crippen molar-refractivity contribution in [3.05, 3.63) is 54.6 Å². The number of sulfonamides is 1. The zero-order valence-corrected chi connectivity index (χ0v) is 12.0. The van der Waals surface area contributed by atoms with E-state index in [9.17, 15) is 8.42 Å². The molecule has 2 aromatic rings. The molecule has 1 N–H and O–H groups in total. The molecule has 3 rings (SSSR count). The molecule has 0 radical (unpaired) electrons. The molecule has 1 aliphatic rings. The van der Waals surface area contributed by atoms with Gasteiger partial charge in [-0.2, -0.15) is 0 Å². The minimum atomic E-state index is -3.52. The van der Waals surface area contributed by atoms with Crippen LogP contribution < -0.4 is 14.2 Å². The Morgan fingerprint density at radius 3 is 2.43 bits per heavy atom. The molecule has 0 fully saturated rings. The van der Waals surface area contributed by atoms with E-state index in [1.165, 1.54) is 0 Å². The summed E-state index contributed by atoms with van der Waals surface area (Å²) in [6.45, 7) is 0.472. The zero-order valence-electron chi connectivity index (χ0n) is 11.2. The topological polar surface area (TPSA) is 64.6 Å². The van der Waals surface area contributed by atoms with Crippen LogP contribution in [-0.4, -0.2) is 27.7 Å². The third-order valence-electron chi connectivity index (χ3n) is 3.12. The Labute approximate surface area is 123 Å². The van der Waals surface area contributed by atoms with Gasteiger partial charge in [-0.25, -0.2) is 13.1 Å². The number of hydrogen-bond donors (Lipinski definition) is 1. The third-order valence-corrected chi connectivity index (χ3v) is 4.56. The van der Waals surface area contributed by atoms with Crippen LogP contribution in [0.4, 0.5) is 0 Å². The number of ether oxygens (including phenoxy) is 2. The van der Waals surface area contributed by atoms with E-state index in [0.717, 1.165) is 0 Å². The highest BCUT2D eigenvalue weighted by atomic mass is 32.2. The highest BCUT2D eigenvalue weighted by Crippen LogP contribution is 2.30. The van der Waals surface area contributed by atoms with Crippen LogP contribution in [0.5, 0.6) is 11.5 Å². The molecule has 0 saturated heterocycles. The van der Waals surface area contributed by atoms with E-state index in [-0.39, 0.29) is 17.5 Å². The smallest absolute Gasteiger partial charge is 0.240 e. The van der Waals surface area contributed by atoms with Crippen molar-refractivity contribution < 1.29 is 17.9 Å². The zero-order chi connectivity index (χ0) is 14.7. The maximum Gasteiger partial charge on any atom is 0.240 e. The second-order valence-electron chi connectivity index (χ2n) is 4.66. The van der Waals surface area contributed by atoms with E-state index in [1.54, 1.807) is 36.4 Å². The van der Waals surface area contributed by atoms with E-state index in [1.807, 2.05) is 18.2 Å². The van der Waals surface area contributed by atoms with Crippen molar-refractivity contribution in [1.82, 2.24) is 4.72 Å². The molecule has 1 heterocycles. The van der Waals surface area contributed by atoms with Gasteiger partial charge in [-0.1, -0.05) is 30.3 Å². The van der Waals surface area contributed by atoms with Gasteiger partial charge in [-0.3, -0.25) is 0 Å². The Kier molecular flexibility index (Phi) is 3.81. The summed E-state index contributed by atoms with van der Waals surface area (Å²) in [5, 5.41) is 0. The molecule has 5 nitrogen and oxygen atoms in total. The molecule has 0 saturated carbocycles. The van der Waals surface area contributed by atoms with Gasteiger partial charge < -0.3 is 9.47 Å². The van der Waals surface area contributed by atoms with E-state index in [4.69, 9.17) is 9.47 Å². The van der Waals surface area contributed by atoms with Crippen molar-refractivity contribution >= 4 is 10.0 Å². The Morgan fingerprint density at radius 1 is 1.00 bits per heavy atom. The second-order valence-corrected chi connectivity index (χ2v) is 6.43. The van der Waals surface area contributed by atoms with Crippen molar-refractivity contribution in [2.75, 3.05) is 13.2 Å². The molecule has 1 atom stereocenters. The van der Waals surface area contributed by atoms with Gasteiger partial charge in [0.1, 0.15) is 12.7 Å². The fourth-order valence-corrected chi connectivity index (χ4v) is 3.14. The molecule has 110 valence electrons. The first-order chi connectivity index (χ1) is 10.1. The molecular weight excluding hydrogens is 290 g/mol. The molecule has 1 aliphatic heterocycles. The van der Waals surface area contributed by atoms with Gasteiger partial charge in [0.25, 0.3) is 0 Å². The molecule has 0 amide bonds. The van der Waals surface area contributed by atoms with E-state index in [0.29, 0.717) is 18.1 Å². The second kappa shape index (κ2) is 5.75.